The maximum absolute atomic E-state index is 5.72. The second-order valence-electron chi connectivity index (χ2n) is 4.70. The number of aromatic nitrogens is 2. The highest BCUT2D eigenvalue weighted by atomic mass is 16.5. The molecule has 18 heavy (non-hydrogen) atoms. The van der Waals surface area contributed by atoms with E-state index in [-0.39, 0.29) is 6.10 Å². The third kappa shape index (κ3) is 4.70. The van der Waals surface area contributed by atoms with E-state index in [4.69, 9.17) is 4.74 Å². The molecule has 1 atom stereocenters. The van der Waals surface area contributed by atoms with E-state index in [0.29, 0.717) is 12.5 Å². The van der Waals surface area contributed by atoms with Crippen LogP contribution in [0.25, 0.3) is 0 Å². The van der Waals surface area contributed by atoms with Gasteiger partial charge in [-0.1, -0.05) is 20.8 Å². The fourth-order valence-electron chi connectivity index (χ4n) is 1.79. The Morgan fingerprint density at radius 1 is 1.33 bits per heavy atom. The number of hydrogen-bond acceptors (Lipinski definition) is 4. The first-order valence-electron chi connectivity index (χ1n) is 6.83. The second-order valence-corrected chi connectivity index (χ2v) is 4.70. The highest BCUT2D eigenvalue weighted by Crippen LogP contribution is 2.22. The standard InChI is InChI=1S/C14H25N3O/c1-5-8-15-10-12-7-9-16-14(17-12)13(11(3)4)18-6-2/h7,9,11,13,15H,5-6,8,10H2,1-4H3. The molecule has 1 aromatic heterocycles. The first-order chi connectivity index (χ1) is 8.69. The summed E-state index contributed by atoms with van der Waals surface area (Å²) in [5.41, 5.74) is 1.03. The summed E-state index contributed by atoms with van der Waals surface area (Å²) in [6, 6.07) is 1.95. The topological polar surface area (TPSA) is 47.0 Å². The van der Waals surface area contributed by atoms with Crippen molar-refractivity contribution in [1.82, 2.24) is 15.3 Å². The normalized spacial score (nSPS) is 12.9. The third-order valence-electron chi connectivity index (χ3n) is 2.67. The average molecular weight is 251 g/mol. The Kier molecular flexibility index (Phi) is 6.83. The minimum atomic E-state index is -0.0128. The molecule has 0 aliphatic carbocycles. The fourth-order valence-corrected chi connectivity index (χ4v) is 1.79. The monoisotopic (exact) mass is 251 g/mol. The maximum Gasteiger partial charge on any atom is 0.157 e. The lowest BCUT2D eigenvalue weighted by atomic mass is 10.1. The molecule has 1 heterocycles. The van der Waals surface area contributed by atoms with Crippen LogP contribution in [-0.4, -0.2) is 23.1 Å². The van der Waals surface area contributed by atoms with Crippen LogP contribution in [0, 0.1) is 5.92 Å². The van der Waals surface area contributed by atoms with Crippen molar-refractivity contribution in [3.8, 4) is 0 Å². The summed E-state index contributed by atoms with van der Waals surface area (Å²) in [6.07, 6.45) is 2.94. The van der Waals surface area contributed by atoms with E-state index in [9.17, 15) is 0 Å². The van der Waals surface area contributed by atoms with Crippen molar-refractivity contribution in [2.75, 3.05) is 13.2 Å². The quantitative estimate of drug-likeness (QED) is 0.722. The molecule has 0 radical (unpaired) electrons. The molecule has 0 fully saturated rings. The van der Waals surface area contributed by atoms with Crippen molar-refractivity contribution in [1.29, 1.82) is 0 Å². The third-order valence-corrected chi connectivity index (χ3v) is 2.67. The van der Waals surface area contributed by atoms with Crippen LogP contribution in [0.15, 0.2) is 12.3 Å². The predicted molar refractivity (Wildman–Crippen MR) is 73.2 cm³/mol. The van der Waals surface area contributed by atoms with Gasteiger partial charge in [0.2, 0.25) is 0 Å². The van der Waals surface area contributed by atoms with Gasteiger partial charge in [0.05, 0.1) is 5.69 Å². The summed E-state index contributed by atoms with van der Waals surface area (Å²) < 4.78 is 5.72. The Balaban J connectivity index is 2.72. The van der Waals surface area contributed by atoms with E-state index in [2.05, 4.69) is 36.1 Å². The van der Waals surface area contributed by atoms with E-state index in [1.165, 1.54) is 0 Å². The lowest BCUT2D eigenvalue weighted by molar-refractivity contribution is 0.0230. The van der Waals surface area contributed by atoms with Gasteiger partial charge in [0, 0.05) is 19.3 Å². The van der Waals surface area contributed by atoms with Crippen molar-refractivity contribution < 1.29 is 4.74 Å². The molecule has 0 bridgehead atoms. The van der Waals surface area contributed by atoms with E-state index in [1.54, 1.807) is 0 Å². The van der Waals surface area contributed by atoms with Crippen molar-refractivity contribution in [3.05, 3.63) is 23.8 Å². The molecule has 0 saturated heterocycles. The highest BCUT2D eigenvalue weighted by Gasteiger charge is 2.18. The lowest BCUT2D eigenvalue weighted by Gasteiger charge is -2.19. The molecule has 0 spiro atoms. The molecule has 0 aliphatic rings. The van der Waals surface area contributed by atoms with Gasteiger partial charge in [-0.25, -0.2) is 9.97 Å². The van der Waals surface area contributed by atoms with E-state index >= 15 is 0 Å². The number of rotatable bonds is 8. The molecular formula is C14H25N3O. The second kappa shape index (κ2) is 8.16. The van der Waals surface area contributed by atoms with Crippen molar-refractivity contribution >= 4 is 0 Å². The Morgan fingerprint density at radius 3 is 2.72 bits per heavy atom. The summed E-state index contributed by atoms with van der Waals surface area (Å²) >= 11 is 0. The van der Waals surface area contributed by atoms with Gasteiger partial charge in [-0.15, -0.1) is 0 Å². The van der Waals surface area contributed by atoms with Crippen molar-refractivity contribution in [3.63, 3.8) is 0 Å². The first kappa shape index (κ1) is 15.1. The predicted octanol–water partition coefficient (Wildman–Crippen LogP) is 2.71. The number of hydrogen-bond donors (Lipinski definition) is 1. The van der Waals surface area contributed by atoms with Crippen LogP contribution in [0.4, 0.5) is 0 Å². The van der Waals surface area contributed by atoms with E-state index < -0.39 is 0 Å². The minimum Gasteiger partial charge on any atom is -0.370 e. The number of nitrogens with one attached hydrogen (secondary N) is 1. The van der Waals surface area contributed by atoms with Crippen LogP contribution in [0.5, 0.6) is 0 Å². The first-order valence-corrected chi connectivity index (χ1v) is 6.83. The molecule has 1 rings (SSSR count). The van der Waals surface area contributed by atoms with Gasteiger partial charge in [-0.3, -0.25) is 0 Å². The van der Waals surface area contributed by atoms with Gasteiger partial charge in [-0.05, 0) is 31.9 Å². The zero-order valence-corrected chi connectivity index (χ0v) is 11.9. The molecule has 1 unspecified atom stereocenters. The molecule has 0 saturated carbocycles. The molecule has 0 aliphatic heterocycles. The zero-order valence-electron chi connectivity index (χ0n) is 11.9. The van der Waals surface area contributed by atoms with Gasteiger partial charge in [0.1, 0.15) is 6.10 Å². The fraction of sp³-hybridized carbons (Fsp3) is 0.714. The Morgan fingerprint density at radius 2 is 2.11 bits per heavy atom. The van der Waals surface area contributed by atoms with Gasteiger partial charge in [0.15, 0.2) is 5.82 Å². The molecule has 102 valence electrons. The van der Waals surface area contributed by atoms with Crippen molar-refractivity contribution in [2.45, 2.75) is 46.8 Å². The summed E-state index contributed by atoms with van der Waals surface area (Å²) in [6.45, 7) is 10.9. The van der Waals surface area contributed by atoms with Crippen LogP contribution in [-0.2, 0) is 11.3 Å². The smallest absolute Gasteiger partial charge is 0.157 e. The Bertz CT molecular complexity index is 342. The van der Waals surface area contributed by atoms with Crippen LogP contribution in [0.1, 0.15) is 51.7 Å². The van der Waals surface area contributed by atoms with E-state index in [1.807, 2.05) is 19.2 Å². The van der Waals surface area contributed by atoms with E-state index in [0.717, 1.165) is 31.0 Å². The summed E-state index contributed by atoms with van der Waals surface area (Å²) in [4.78, 5) is 8.93. The molecule has 1 N–H and O–H groups in total. The molecule has 0 amide bonds. The van der Waals surface area contributed by atoms with Crippen LogP contribution in [0.2, 0.25) is 0 Å². The minimum absolute atomic E-state index is 0.0128. The average Bonchev–Trinajstić information content (AvgIpc) is 2.36. The SMILES string of the molecule is CCCNCc1ccnc(C(OCC)C(C)C)n1. The van der Waals surface area contributed by atoms with Gasteiger partial charge in [-0.2, -0.15) is 0 Å². The summed E-state index contributed by atoms with van der Waals surface area (Å²) in [7, 11) is 0. The van der Waals surface area contributed by atoms with Gasteiger partial charge >= 0.3 is 0 Å². The Hall–Kier alpha value is -1.00. The van der Waals surface area contributed by atoms with Crippen LogP contribution < -0.4 is 5.32 Å². The highest BCUT2D eigenvalue weighted by molar-refractivity contribution is 5.04. The molecular weight excluding hydrogens is 226 g/mol. The molecule has 0 aromatic carbocycles. The summed E-state index contributed by atoms with van der Waals surface area (Å²) in [5.74, 6) is 1.17. The number of nitrogens with zero attached hydrogens (tertiary/aromatic N) is 2. The maximum atomic E-state index is 5.72. The molecule has 4 nitrogen and oxygen atoms in total. The van der Waals surface area contributed by atoms with Crippen LogP contribution in [0.3, 0.4) is 0 Å². The largest absolute Gasteiger partial charge is 0.370 e. The van der Waals surface area contributed by atoms with Gasteiger partial charge < -0.3 is 10.1 Å². The van der Waals surface area contributed by atoms with Crippen LogP contribution >= 0.6 is 0 Å². The molecule has 1 aromatic rings. The molecule has 4 heteroatoms. The number of ether oxygens (including phenoxy) is 1. The van der Waals surface area contributed by atoms with Gasteiger partial charge in [0.25, 0.3) is 0 Å². The summed E-state index contributed by atoms with van der Waals surface area (Å²) in [5, 5.41) is 3.35. The Labute approximate surface area is 110 Å². The van der Waals surface area contributed by atoms with Crippen molar-refractivity contribution in [2.24, 2.45) is 5.92 Å². The zero-order chi connectivity index (χ0) is 13.4. The lowest BCUT2D eigenvalue weighted by Crippen LogP contribution is -2.18.